The maximum Gasteiger partial charge on any atom is 0.138 e. The van der Waals surface area contributed by atoms with Gasteiger partial charge in [0.1, 0.15) is 5.78 Å². The average Bonchev–Trinajstić information content (AvgIpc) is 2.55. The molecule has 2 saturated heterocycles. The number of nitrogens with zero attached hydrogens (tertiary/aromatic N) is 3. The highest BCUT2D eigenvalue weighted by Gasteiger charge is 2.26. The second-order valence-electron chi connectivity index (χ2n) is 8.00. The van der Waals surface area contributed by atoms with E-state index in [0.29, 0.717) is 17.7 Å². The van der Waals surface area contributed by atoms with Crippen molar-refractivity contribution in [1.82, 2.24) is 14.7 Å². The zero-order chi connectivity index (χ0) is 16.8. The number of hydrogen-bond acceptors (Lipinski definition) is 4. The van der Waals surface area contributed by atoms with Crippen molar-refractivity contribution in [3.8, 4) is 0 Å². The molecule has 4 heteroatoms. The number of likely N-dealkylation sites (tertiary alicyclic amines) is 1. The highest BCUT2D eigenvalue weighted by molar-refractivity contribution is 5.82. The number of Topliss-reactive ketones (excluding diaryl/α,β-unsaturated/α-hetero) is 1. The van der Waals surface area contributed by atoms with Gasteiger partial charge in [0.25, 0.3) is 0 Å². The van der Waals surface area contributed by atoms with Gasteiger partial charge in [0.15, 0.2) is 0 Å². The third-order valence-corrected chi connectivity index (χ3v) is 5.64. The number of ketones is 1. The Morgan fingerprint density at radius 1 is 0.870 bits per heavy atom. The summed E-state index contributed by atoms with van der Waals surface area (Å²) in [5.74, 6) is 1.01. The Kier molecular flexibility index (Phi) is 7.51. The number of hydrogen-bond donors (Lipinski definition) is 0. The Labute approximate surface area is 143 Å². The molecule has 0 bridgehead atoms. The SMILES string of the molecule is CC(C)C(=O)C1CCN(CCCN2CCN(C(C)C)CC2)CC1. The summed E-state index contributed by atoms with van der Waals surface area (Å²) in [5, 5.41) is 0. The van der Waals surface area contributed by atoms with E-state index in [2.05, 4.69) is 28.5 Å². The summed E-state index contributed by atoms with van der Waals surface area (Å²) < 4.78 is 0. The second kappa shape index (κ2) is 9.14. The van der Waals surface area contributed by atoms with Crippen molar-refractivity contribution in [3.63, 3.8) is 0 Å². The average molecular weight is 324 g/mol. The van der Waals surface area contributed by atoms with Crippen molar-refractivity contribution < 1.29 is 4.79 Å². The number of rotatable bonds is 7. The predicted molar refractivity (Wildman–Crippen MR) is 96.8 cm³/mol. The smallest absolute Gasteiger partial charge is 0.138 e. The van der Waals surface area contributed by atoms with Gasteiger partial charge in [-0.3, -0.25) is 9.69 Å². The highest BCUT2D eigenvalue weighted by Crippen LogP contribution is 2.21. The van der Waals surface area contributed by atoms with Gasteiger partial charge in [0.05, 0.1) is 0 Å². The molecule has 0 unspecified atom stereocenters. The van der Waals surface area contributed by atoms with E-state index in [1.165, 1.54) is 45.7 Å². The normalized spacial score (nSPS) is 23.0. The lowest BCUT2D eigenvalue weighted by Gasteiger charge is -2.37. The van der Waals surface area contributed by atoms with E-state index in [-0.39, 0.29) is 5.92 Å². The van der Waals surface area contributed by atoms with Crippen LogP contribution in [0.3, 0.4) is 0 Å². The quantitative estimate of drug-likeness (QED) is 0.718. The van der Waals surface area contributed by atoms with Crippen LogP contribution < -0.4 is 0 Å². The van der Waals surface area contributed by atoms with Gasteiger partial charge >= 0.3 is 0 Å². The molecule has 23 heavy (non-hydrogen) atoms. The second-order valence-corrected chi connectivity index (χ2v) is 8.00. The Morgan fingerprint density at radius 2 is 1.39 bits per heavy atom. The van der Waals surface area contributed by atoms with Crippen LogP contribution in [0, 0.1) is 11.8 Å². The molecule has 2 aliphatic rings. The third kappa shape index (κ3) is 5.84. The van der Waals surface area contributed by atoms with E-state index in [9.17, 15) is 4.79 Å². The molecule has 0 spiro atoms. The van der Waals surface area contributed by atoms with Gasteiger partial charge < -0.3 is 9.80 Å². The molecule has 134 valence electrons. The Morgan fingerprint density at radius 3 is 1.87 bits per heavy atom. The van der Waals surface area contributed by atoms with Crippen LogP contribution >= 0.6 is 0 Å². The minimum absolute atomic E-state index is 0.205. The molecular weight excluding hydrogens is 286 g/mol. The van der Waals surface area contributed by atoms with E-state index in [0.717, 1.165) is 25.9 Å². The molecule has 0 aromatic carbocycles. The van der Waals surface area contributed by atoms with Crippen molar-refractivity contribution in [2.24, 2.45) is 11.8 Å². The van der Waals surface area contributed by atoms with E-state index in [1.807, 2.05) is 13.8 Å². The fourth-order valence-corrected chi connectivity index (χ4v) is 3.93. The fraction of sp³-hybridized carbons (Fsp3) is 0.947. The molecule has 0 saturated carbocycles. The number of carbonyl (C=O) groups excluding carboxylic acids is 1. The first-order valence-corrected chi connectivity index (χ1v) is 9.70. The predicted octanol–water partition coefficient (Wildman–Crippen LogP) is 2.34. The van der Waals surface area contributed by atoms with Gasteiger partial charge in [-0.05, 0) is 59.3 Å². The lowest BCUT2D eigenvalue weighted by atomic mass is 9.87. The van der Waals surface area contributed by atoms with Gasteiger partial charge in [0, 0.05) is 44.1 Å². The lowest BCUT2D eigenvalue weighted by Crippen LogP contribution is -2.49. The first-order valence-electron chi connectivity index (χ1n) is 9.70. The van der Waals surface area contributed by atoms with Gasteiger partial charge in [-0.25, -0.2) is 0 Å². The maximum atomic E-state index is 12.1. The van der Waals surface area contributed by atoms with Crippen LogP contribution in [0.4, 0.5) is 0 Å². The minimum Gasteiger partial charge on any atom is -0.303 e. The summed E-state index contributed by atoms with van der Waals surface area (Å²) in [6, 6.07) is 0.687. The molecule has 0 radical (unpaired) electrons. The molecule has 0 atom stereocenters. The van der Waals surface area contributed by atoms with E-state index in [1.54, 1.807) is 0 Å². The van der Waals surface area contributed by atoms with Gasteiger partial charge in [0.2, 0.25) is 0 Å². The summed E-state index contributed by atoms with van der Waals surface area (Å²) in [7, 11) is 0. The van der Waals surface area contributed by atoms with Gasteiger partial charge in [-0.1, -0.05) is 13.8 Å². The van der Waals surface area contributed by atoms with Crippen LogP contribution in [0.1, 0.15) is 47.0 Å². The molecular formula is C19H37N3O. The van der Waals surface area contributed by atoms with E-state index >= 15 is 0 Å². The molecule has 0 N–H and O–H groups in total. The summed E-state index contributed by atoms with van der Waals surface area (Å²) >= 11 is 0. The molecule has 0 aromatic rings. The van der Waals surface area contributed by atoms with Crippen molar-refractivity contribution in [2.75, 3.05) is 52.4 Å². The van der Waals surface area contributed by atoms with Crippen LogP contribution in [0.15, 0.2) is 0 Å². The van der Waals surface area contributed by atoms with Crippen LogP contribution in [0.2, 0.25) is 0 Å². The topological polar surface area (TPSA) is 26.8 Å². The molecule has 0 aromatic heterocycles. The van der Waals surface area contributed by atoms with Gasteiger partial charge in [-0.15, -0.1) is 0 Å². The summed E-state index contributed by atoms with van der Waals surface area (Å²) in [5.41, 5.74) is 0. The number of piperazine rings is 1. The molecule has 2 heterocycles. The van der Waals surface area contributed by atoms with Crippen LogP contribution in [0.5, 0.6) is 0 Å². The zero-order valence-corrected chi connectivity index (χ0v) is 15.8. The molecule has 2 aliphatic heterocycles. The van der Waals surface area contributed by atoms with Crippen molar-refractivity contribution in [2.45, 2.75) is 53.0 Å². The summed E-state index contributed by atoms with van der Waals surface area (Å²) in [6.07, 6.45) is 3.42. The van der Waals surface area contributed by atoms with Crippen molar-refractivity contribution in [3.05, 3.63) is 0 Å². The Balaban J connectivity index is 1.57. The maximum absolute atomic E-state index is 12.1. The van der Waals surface area contributed by atoms with Crippen LogP contribution in [0.25, 0.3) is 0 Å². The first-order chi connectivity index (χ1) is 11.0. The fourth-order valence-electron chi connectivity index (χ4n) is 3.93. The summed E-state index contributed by atoms with van der Waals surface area (Å²) in [6.45, 7) is 18.2. The minimum atomic E-state index is 0.205. The largest absolute Gasteiger partial charge is 0.303 e. The molecule has 2 fully saturated rings. The molecule has 0 amide bonds. The van der Waals surface area contributed by atoms with Crippen LogP contribution in [-0.4, -0.2) is 78.9 Å². The summed E-state index contributed by atoms with van der Waals surface area (Å²) in [4.78, 5) is 19.8. The lowest BCUT2D eigenvalue weighted by molar-refractivity contribution is -0.127. The molecule has 0 aliphatic carbocycles. The Hall–Kier alpha value is -0.450. The van der Waals surface area contributed by atoms with E-state index < -0.39 is 0 Å². The number of piperidine rings is 1. The molecule has 2 rings (SSSR count). The van der Waals surface area contributed by atoms with Gasteiger partial charge in [-0.2, -0.15) is 0 Å². The van der Waals surface area contributed by atoms with Crippen LogP contribution in [-0.2, 0) is 4.79 Å². The first kappa shape index (κ1) is 18.9. The zero-order valence-electron chi connectivity index (χ0n) is 15.8. The Bertz CT molecular complexity index is 354. The standard InChI is InChI=1S/C19H37N3O/c1-16(2)19(23)18-6-10-20(11-7-18)8-5-9-21-12-14-22(15-13-21)17(3)4/h16-18H,5-15H2,1-4H3. The monoisotopic (exact) mass is 323 g/mol. The third-order valence-electron chi connectivity index (χ3n) is 5.64. The van der Waals surface area contributed by atoms with Crippen molar-refractivity contribution in [1.29, 1.82) is 0 Å². The highest BCUT2D eigenvalue weighted by atomic mass is 16.1. The van der Waals surface area contributed by atoms with E-state index in [4.69, 9.17) is 0 Å². The van der Waals surface area contributed by atoms with Crippen molar-refractivity contribution >= 4 is 5.78 Å². The molecule has 4 nitrogen and oxygen atoms in total. The number of carbonyl (C=O) groups is 1.